The number of aromatic nitrogens is 1. The van der Waals surface area contributed by atoms with Crippen LogP contribution in [0.4, 0.5) is 0 Å². The van der Waals surface area contributed by atoms with Crippen LogP contribution >= 0.6 is 0 Å². The van der Waals surface area contributed by atoms with Crippen molar-refractivity contribution in [2.24, 2.45) is 0 Å². The highest BCUT2D eigenvalue weighted by Gasteiger charge is 2.15. The van der Waals surface area contributed by atoms with Crippen molar-refractivity contribution < 1.29 is 9.53 Å². The maximum absolute atomic E-state index is 10.6. The van der Waals surface area contributed by atoms with Gasteiger partial charge in [0.1, 0.15) is 6.10 Å². The highest BCUT2D eigenvalue weighted by molar-refractivity contribution is 5.76. The van der Waals surface area contributed by atoms with E-state index in [9.17, 15) is 4.79 Å². The van der Waals surface area contributed by atoms with Crippen LogP contribution in [0.25, 0.3) is 0 Å². The van der Waals surface area contributed by atoms with E-state index < -0.39 is 0 Å². The Balaban J connectivity index is 2.03. The van der Waals surface area contributed by atoms with Crippen LogP contribution in [-0.2, 0) is 0 Å². The molecule has 0 bridgehead atoms. The van der Waals surface area contributed by atoms with Crippen molar-refractivity contribution in [1.82, 2.24) is 4.98 Å². The second-order valence-electron chi connectivity index (χ2n) is 4.37. The summed E-state index contributed by atoms with van der Waals surface area (Å²) in [6.07, 6.45) is 8.77. The van der Waals surface area contributed by atoms with E-state index in [-0.39, 0.29) is 0 Å². The van der Waals surface area contributed by atoms with Gasteiger partial charge in [0.05, 0.1) is 0 Å². The smallest absolute Gasteiger partial charge is 0.213 e. The average Bonchev–Trinajstić information content (AvgIpc) is 2.31. The van der Waals surface area contributed by atoms with Gasteiger partial charge in [0.2, 0.25) is 5.88 Å². The zero-order valence-corrected chi connectivity index (χ0v) is 9.61. The maximum Gasteiger partial charge on any atom is 0.213 e. The Kier molecular flexibility index (Phi) is 3.54. The molecule has 0 N–H and O–H groups in total. The topological polar surface area (TPSA) is 39.2 Å². The van der Waals surface area contributed by atoms with Crippen molar-refractivity contribution in [3.63, 3.8) is 0 Å². The number of hydrogen-bond acceptors (Lipinski definition) is 3. The summed E-state index contributed by atoms with van der Waals surface area (Å²) in [5.41, 5.74) is 1.56. The van der Waals surface area contributed by atoms with Crippen LogP contribution in [0.2, 0.25) is 0 Å². The molecule has 0 aliphatic heterocycles. The molecule has 16 heavy (non-hydrogen) atoms. The molecule has 1 aliphatic carbocycles. The number of nitrogens with zero attached hydrogens (tertiary/aromatic N) is 1. The highest BCUT2D eigenvalue weighted by Crippen LogP contribution is 2.22. The normalized spacial score (nSPS) is 17.1. The number of pyridine rings is 1. The average molecular weight is 219 g/mol. The first-order chi connectivity index (χ1) is 7.79. The lowest BCUT2D eigenvalue weighted by Gasteiger charge is -2.22. The minimum absolute atomic E-state index is 0.308. The van der Waals surface area contributed by atoms with Gasteiger partial charge in [-0.15, -0.1) is 0 Å². The summed E-state index contributed by atoms with van der Waals surface area (Å²) in [6.45, 7) is 1.90. The van der Waals surface area contributed by atoms with E-state index in [1.807, 2.05) is 13.0 Å². The molecule has 1 saturated carbocycles. The third-order valence-corrected chi connectivity index (χ3v) is 3.09. The Morgan fingerprint density at radius 2 is 2.12 bits per heavy atom. The lowest BCUT2D eigenvalue weighted by molar-refractivity contribution is 0.112. The molecule has 0 atom stereocenters. The number of ether oxygens (including phenoxy) is 1. The Bertz CT molecular complexity index is 370. The number of hydrogen-bond donors (Lipinski definition) is 0. The van der Waals surface area contributed by atoms with Gasteiger partial charge in [-0.05, 0) is 38.2 Å². The molecule has 1 fully saturated rings. The molecule has 1 aromatic rings. The zero-order chi connectivity index (χ0) is 11.4. The predicted octanol–water partition coefficient (Wildman–Crippen LogP) is 2.91. The van der Waals surface area contributed by atoms with Gasteiger partial charge in [0.15, 0.2) is 6.29 Å². The highest BCUT2D eigenvalue weighted by atomic mass is 16.5. The Morgan fingerprint density at radius 3 is 2.75 bits per heavy atom. The summed E-state index contributed by atoms with van der Waals surface area (Å²) in [6, 6.07) is 1.85. The van der Waals surface area contributed by atoms with E-state index in [4.69, 9.17) is 4.74 Å². The lowest BCUT2D eigenvalue weighted by Crippen LogP contribution is -2.20. The molecule has 0 unspecified atom stereocenters. The fourth-order valence-electron chi connectivity index (χ4n) is 2.08. The molecule has 1 heterocycles. The van der Waals surface area contributed by atoms with Gasteiger partial charge in [0, 0.05) is 17.8 Å². The van der Waals surface area contributed by atoms with Crippen molar-refractivity contribution in [2.45, 2.75) is 45.1 Å². The molecule has 86 valence electrons. The largest absolute Gasteiger partial charge is 0.474 e. The quantitative estimate of drug-likeness (QED) is 0.734. The zero-order valence-electron chi connectivity index (χ0n) is 9.61. The van der Waals surface area contributed by atoms with Gasteiger partial charge in [0.25, 0.3) is 0 Å². The van der Waals surface area contributed by atoms with Gasteiger partial charge in [-0.1, -0.05) is 6.42 Å². The summed E-state index contributed by atoms with van der Waals surface area (Å²) in [4.78, 5) is 14.8. The summed E-state index contributed by atoms with van der Waals surface area (Å²) >= 11 is 0. The van der Waals surface area contributed by atoms with Crippen LogP contribution in [0.3, 0.4) is 0 Å². The van der Waals surface area contributed by atoms with Gasteiger partial charge in [-0.2, -0.15) is 0 Å². The number of carbonyl (C=O) groups is 1. The van der Waals surface area contributed by atoms with E-state index in [1.54, 1.807) is 6.20 Å². The van der Waals surface area contributed by atoms with E-state index in [1.165, 1.54) is 19.3 Å². The number of carbonyl (C=O) groups excluding carboxylic acids is 1. The van der Waals surface area contributed by atoms with Gasteiger partial charge in [-0.25, -0.2) is 4.98 Å². The first kappa shape index (κ1) is 11.1. The molecular weight excluding hydrogens is 202 g/mol. The molecular formula is C13H17NO2. The summed E-state index contributed by atoms with van der Waals surface area (Å²) < 4.78 is 5.81. The Morgan fingerprint density at radius 1 is 1.38 bits per heavy atom. The number of aldehydes is 1. The first-order valence-electron chi connectivity index (χ1n) is 5.88. The molecule has 0 aromatic carbocycles. The van der Waals surface area contributed by atoms with Crippen molar-refractivity contribution in [3.05, 3.63) is 23.4 Å². The van der Waals surface area contributed by atoms with E-state index in [0.717, 1.165) is 24.7 Å². The third-order valence-electron chi connectivity index (χ3n) is 3.09. The molecule has 0 spiro atoms. The van der Waals surface area contributed by atoms with Crippen molar-refractivity contribution in [1.29, 1.82) is 0 Å². The maximum atomic E-state index is 10.6. The van der Waals surface area contributed by atoms with Crippen molar-refractivity contribution >= 4 is 6.29 Å². The van der Waals surface area contributed by atoms with Crippen molar-refractivity contribution in [2.75, 3.05) is 0 Å². The summed E-state index contributed by atoms with van der Waals surface area (Å²) in [5.74, 6) is 0.648. The Hall–Kier alpha value is -1.38. The van der Waals surface area contributed by atoms with Gasteiger partial charge in [-0.3, -0.25) is 4.79 Å². The lowest BCUT2D eigenvalue weighted by atomic mass is 9.98. The molecule has 3 heteroatoms. The molecule has 0 radical (unpaired) electrons. The van der Waals surface area contributed by atoms with Crippen LogP contribution < -0.4 is 4.74 Å². The number of aryl methyl sites for hydroxylation is 1. The standard InChI is InChI=1S/C13H17NO2/c1-10-7-13(14-8-11(10)9-15)16-12-5-3-2-4-6-12/h7-9,12H,2-6H2,1H3. The molecule has 0 amide bonds. The van der Waals surface area contributed by atoms with E-state index in [0.29, 0.717) is 17.5 Å². The fraction of sp³-hybridized carbons (Fsp3) is 0.538. The fourth-order valence-corrected chi connectivity index (χ4v) is 2.08. The van der Waals surface area contributed by atoms with E-state index >= 15 is 0 Å². The van der Waals surface area contributed by atoms with Crippen LogP contribution in [0, 0.1) is 6.92 Å². The van der Waals surface area contributed by atoms with Gasteiger partial charge < -0.3 is 4.74 Å². The van der Waals surface area contributed by atoms with E-state index in [2.05, 4.69) is 4.98 Å². The SMILES string of the molecule is Cc1cc(OC2CCCCC2)ncc1C=O. The predicted molar refractivity (Wildman–Crippen MR) is 61.9 cm³/mol. The monoisotopic (exact) mass is 219 g/mol. The summed E-state index contributed by atoms with van der Waals surface area (Å²) in [7, 11) is 0. The molecule has 3 nitrogen and oxygen atoms in total. The second kappa shape index (κ2) is 5.10. The molecule has 2 rings (SSSR count). The molecule has 1 aliphatic rings. The molecule has 0 saturated heterocycles. The number of rotatable bonds is 3. The van der Waals surface area contributed by atoms with Crippen LogP contribution in [0.15, 0.2) is 12.3 Å². The van der Waals surface area contributed by atoms with Crippen LogP contribution in [0.5, 0.6) is 5.88 Å². The van der Waals surface area contributed by atoms with Gasteiger partial charge >= 0.3 is 0 Å². The first-order valence-corrected chi connectivity index (χ1v) is 5.88. The third kappa shape index (κ3) is 2.60. The Labute approximate surface area is 95.8 Å². The summed E-state index contributed by atoms with van der Waals surface area (Å²) in [5, 5.41) is 0. The molecule has 1 aromatic heterocycles. The minimum Gasteiger partial charge on any atom is -0.474 e. The van der Waals surface area contributed by atoms with Crippen molar-refractivity contribution in [3.8, 4) is 5.88 Å². The second-order valence-corrected chi connectivity index (χ2v) is 4.37. The van der Waals surface area contributed by atoms with Crippen LogP contribution in [0.1, 0.15) is 48.0 Å². The minimum atomic E-state index is 0.308. The van der Waals surface area contributed by atoms with Crippen LogP contribution in [-0.4, -0.2) is 17.4 Å².